The molecule has 0 aliphatic carbocycles. The lowest BCUT2D eigenvalue weighted by Gasteiger charge is -2.21. The van der Waals surface area contributed by atoms with E-state index in [1.807, 2.05) is 31.4 Å². The number of ether oxygens (including phenoxy) is 2. The van der Waals surface area contributed by atoms with E-state index in [0.29, 0.717) is 56.1 Å². The van der Waals surface area contributed by atoms with Gasteiger partial charge in [0, 0.05) is 31.8 Å². The molecule has 0 unspecified atom stereocenters. The summed E-state index contributed by atoms with van der Waals surface area (Å²) in [4.78, 5) is 30.3. The van der Waals surface area contributed by atoms with E-state index in [4.69, 9.17) is 9.47 Å². The molecule has 1 amide bonds. The fraction of sp³-hybridized carbons (Fsp3) is 0.444. The van der Waals surface area contributed by atoms with Gasteiger partial charge < -0.3 is 14.0 Å². The zero-order valence-electron chi connectivity index (χ0n) is 22.3. The predicted octanol–water partition coefficient (Wildman–Crippen LogP) is 4.47. The summed E-state index contributed by atoms with van der Waals surface area (Å²) in [5.74, 6) is -0.903. The molecule has 1 aromatic heterocycles. The van der Waals surface area contributed by atoms with Crippen LogP contribution in [0.3, 0.4) is 0 Å². The Morgan fingerprint density at radius 3 is 2.21 bits per heavy atom. The van der Waals surface area contributed by atoms with E-state index in [1.54, 1.807) is 19.1 Å². The molecular formula is C27H35N3O6S2. The molecule has 38 heavy (non-hydrogen) atoms. The van der Waals surface area contributed by atoms with Crippen LogP contribution in [0, 0.1) is 0 Å². The minimum Gasteiger partial charge on any atom is -0.462 e. The number of benzene rings is 2. The van der Waals surface area contributed by atoms with Crippen LogP contribution in [0.25, 0.3) is 10.2 Å². The highest BCUT2D eigenvalue weighted by atomic mass is 32.2. The van der Waals surface area contributed by atoms with Crippen LogP contribution in [0.4, 0.5) is 0 Å². The molecular weight excluding hydrogens is 526 g/mol. The fourth-order valence-electron chi connectivity index (χ4n) is 3.94. The number of rotatable bonds is 13. The number of fused-ring (bicyclic) bond motifs is 1. The highest BCUT2D eigenvalue weighted by Crippen LogP contribution is 2.21. The molecule has 2 aromatic carbocycles. The van der Waals surface area contributed by atoms with Crippen molar-refractivity contribution in [2.45, 2.75) is 52.0 Å². The van der Waals surface area contributed by atoms with Crippen LogP contribution in [-0.4, -0.2) is 62.1 Å². The lowest BCUT2D eigenvalue weighted by molar-refractivity contribution is 0.0526. The summed E-state index contributed by atoms with van der Waals surface area (Å²) in [6.45, 7) is 10.2. The Hall–Kier alpha value is -2.86. The van der Waals surface area contributed by atoms with Crippen LogP contribution in [0.15, 0.2) is 52.4 Å². The van der Waals surface area contributed by atoms with E-state index in [9.17, 15) is 18.0 Å². The van der Waals surface area contributed by atoms with Gasteiger partial charge in [0.25, 0.3) is 5.91 Å². The lowest BCUT2D eigenvalue weighted by Crippen LogP contribution is -2.32. The van der Waals surface area contributed by atoms with Gasteiger partial charge in [0.1, 0.15) is 0 Å². The maximum atomic E-state index is 13.1. The van der Waals surface area contributed by atoms with Crippen molar-refractivity contribution in [1.29, 1.82) is 0 Å². The number of sulfonamides is 1. The molecule has 0 saturated carbocycles. The number of esters is 1. The second-order valence-electron chi connectivity index (χ2n) is 8.48. The minimum atomic E-state index is -3.64. The van der Waals surface area contributed by atoms with Crippen molar-refractivity contribution in [1.82, 2.24) is 8.87 Å². The first-order valence-corrected chi connectivity index (χ1v) is 15.1. The Morgan fingerprint density at radius 1 is 0.947 bits per heavy atom. The summed E-state index contributed by atoms with van der Waals surface area (Å²) < 4.78 is 40.8. The summed E-state index contributed by atoms with van der Waals surface area (Å²) in [7, 11) is -3.64. The van der Waals surface area contributed by atoms with Crippen LogP contribution in [-0.2, 0) is 26.0 Å². The number of carbonyl (C=O) groups is 2. The van der Waals surface area contributed by atoms with Crippen LogP contribution >= 0.6 is 11.3 Å². The smallest absolute Gasteiger partial charge is 0.338 e. The van der Waals surface area contributed by atoms with Gasteiger partial charge in [-0.1, -0.05) is 25.2 Å². The van der Waals surface area contributed by atoms with Crippen LogP contribution in [0.1, 0.15) is 61.3 Å². The van der Waals surface area contributed by atoms with Gasteiger partial charge in [0.2, 0.25) is 10.0 Å². The first kappa shape index (κ1) is 29.7. The average Bonchev–Trinajstić information content (AvgIpc) is 3.24. The van der Waals surface area contributed by atoms with Crippen molar-refractivity contribution in [3.8, 4) is 0 Å². The van der Waals surface area contributed by atoms with Gasteiger partial charge in [0.05, 0.1) is 33.9 Å². The molecule has 0 saturated heterocycles. The largest absolute Gasteiger partial charge is 0.462 e. The molecule has 0 aliphatic rings. The zero-order chi connectivity index (χ0) is 27.7. The van der Waals surface area contributed by atoms with Crippen LogP contribution in [0.2, 0.25) is 0 Å². The van der Waals surface area contributed by atoms with Gasteiger partial charge in [-0.25, -0.2) is 13.2 Å². The fourth-order valence-corrected chi connectivity index (χ4v) is 6.65. The Balaban J connectivity index is 1.97. The van der Waals surface area contributed by atoms with Gasteiger partial charge in [-0.15, -0.1) is 0 Å². The third-order valence-corrected chi connectivity index (χ3v) is 8.69. The minimum absolute atomic E-state index is 0.149. The third-order valence-electron chi connectivity index (χ3n) is 5.74. The number of carbonyl (C=O) groups excluding carboxylic acids is 2. The van der Waals surface area contributed by atoms with Crippen molar-refractivity contribution < 1.29 is 27.5 Å². The molecule has 3 aromatic rings. The molecule has 9 nitrogen and oxygen atoms in total. The number of hydrogen-bond acceptors (Lipinski definition) is 7. The predicted molar refractivity (Wildman–Crippen MR) is 148 cm³/mol. The first-order chi connectivity index (χ1) is 18.3. The molecule has 0 bridgehead atoms. The Morgan fingerprint density at radius 2 is 1.61 bits per heavy atom. The van der Waals surface area contributed by atoms with Crippen molar-refractivity contribution in [2.75, 3.05) is 32.9 Å². The molecule has 0 radical (unpaired) electrons. The Bertz CT molecular complexity index is 1420. The van der Waals surface area contributed by atoms with E-state index in [0.717, 1.165) is 10.2 Å². The standard InChI is InChI=1S/C27H35N3O6S2/c1-5-15-29(16-6-2)38(33,34)22-12-9-20(10-13-22)25(31)28-27-30(17-18-35-7-3)23-14-11-21(19-24(23)37-27)26(32)36-8-4/h9-14,19H,5-8,15-18H2,1-4H3. The maximum Gasteiger partial charge on any atom is 0.338 e. The Kier molecular flexibility index (Phi) is 10.8. The highest BCUT2D eigenvalue weighted by Gasteiger charge is 2.23. The van der Waals surface area contributed by atoms with Crippen LogP contribution in [0.5, 0.6) is 0 Å². The molecule has 3 rings (SSSR count). The normalized spacial score (nSPS) is 12.4. The second kappa shape index (κ2) is 13.8. The zero-order valence-corrected chi connectivity index (χ0v) is 23.9. The number of nitrogens with zero attached hydrogens (tertiary/aromatic N) is 3. The third kappa shape index (κ3) is 6.96. The number of aromatic nitrogens is 1. The molecule has 0 N–H and O–H groups in total. The summed E-state index contributed by atoms with van der Waals surface area (Å²) in [6.07, 6.45) is 1.43. The van der Waals surface area contributed by atoms with Crippen molar-refractivity contribution in [3.63, 3.8) is 0 Å². The molecule has 0 aliphatic heterocycles. The van der Waals surface area contributed by atoms with Crippen molar-refractivity contribution in [3.05, 3.63) is 58.4 Å². The maximum absolute atomic E-state index is 13.1. The first-order valence-electron chi connectivity index (χ1n) is 12.8. The van der Waals surface area contributed by atoms with E-state index in [-0.39, 0.29) is 17.1 Å². The number of hydrogen-bond donors (Lipinski definition) is 0. The molecule has 206 valence electrons. The van der Waals surface area contributed by atoms with E-state index < -0.39 is 21.9 Å². The average molecular weight is 562 g/mol. The summed E-state index contributed by atoms with van der Waals surface area (Å²) in [6, 6.07) is 11.1. The van der Waals surface area contributed by atoms with Crippen molar-refractivity contribution >= 4 is 43.5 Å². The molecule has 0 fully saturated rings. The summed E-state index contributed by atoms with van der Waals surface area (Å²) >= 11 is 1.29. The second-order valence-corrected chi connectivity index (χ2v) is 11.4. The summed E-state index contributed by atoms with van der Waals surface area (Å²) in [5, 5.41) is 0. The van der Waals surface area contributed by atoms with Gasteiger partial charge in [-0.2, -0.15) is 9.30 Å². The quantitative estimate of drug-likeness (QED) is 0.225. The van der Waals surface area contributed by atoms with E-state index in [1.165, 1.54) is 39.9 Å². The molecule has 11 heteroatoms. The lowest BCUT2D eigenvalue weighted by atomic mass is 10.2. The van der Waals surface area contributed by atoms with Gasteiger partial charge in [0.15, 0.2) is 4.80 Å². The summed E-state index contributed by atoms with van der Waals surface area (Å²) in [5.41, 5.74) is 1.53. The van der Waals surface area contributed by atoms with Gasteiger partial charge in [-0.3, -0.25) is 4.79 Å². The Labute approximate surface area is 227 Å². The van der Waals surface area contributed by atoms with E-state index in [2.05, 4.69) is 4.99 Å². The molecule has 0 spiro atoms. The van der Waals surface area contributed by atoms with Crippen LogP contribution < -0.4 is 4.80 Å². The van der Waals surface area contributed by atoms with Crippen molar-refractivity contribution in [2.24, 2.45) is 4.99 Å². The molecule has 0 atom stereocenters. The monoisotopic (exact) mass is 561 g/mol. The molecule has 1 heterocycles. The highest BCUT2D eigenvalue weighted by molar-refractivity contribution is 7.89. The van der Waals surface area contributed by atoms with Gasteiger partial charge >= 0.3 is 5.97 Å². The van der Waals surface area contributed by atoms with E-state index >= 15 is 0 Å². The number of thiazole rings is 1. The van der Waals surface area contributed by atoms with Gasteiger partial charge in [-0.05, 0) is 69.2 Å². The topological polar surface area (TPSA) is 107 Å². The SMILES string of the molecule is CCCN(CCC)S(=O)(=O)c1ccc(C(=O)N=c2sc3cc(C(=O)OCC)ccc3n2CCOCC)cc1. The number of amides is 1.